The van der Waals surface area contributed by atoms with Crippen LogP contribution in [-0.2, 0) is 0 Å². The second-order valence-corrected chi connectivity index (χ2v) is 3.31. The number of nitriles is 1. The largest absolute Gasteiger partial charge is 0.265 e. The zero-order valence-electron chi connectivity index (χ0n) is 8.68. The van der Waals surface area contributed by atoms with Gasteiger partial charge in [-0.1, -0.05) is 0 Å². The standard InChI is InChI=1S/C13H6FN3/c1-16-13-7-10(6-12(14)11(13)8-15)9-2-4-17-5-3-9/h2-7H. The summed E-state index contributed by atoms with van der Waals surface area (Å²) in [6.45, 7) is 6.94. The molecule has 0 amide bonds. The predicted molar refractivity (Wildman–Crippen MR) is 60.6 cm³/mol. The van der Waals surface area contributed by atoms with Crippen LogP contribution in [-0.4, -0.2) is 4.98 Å². The molecule has 3 nitrogen and oxygen atoms in total. The minimum Gasteiger partial charge on any atom is -0.265 e. The van der Waals surface area contributed by atoms with Crippen LogP contribution in [0.5, 0.6) is 0 Å². The van der Waals surface area contributed by atoms with Crippen molar-refractivity contribution in [3.8, 4) is 17.2 Å². The van der Waals surface area contributed by atoms with E-state index in [4.69, 9.17) is 11.8 Å². The van der Waals surface area contributed by atoms with Crippen molar-refractivity contribution in [1.82, 2.24) is 4.98 Å². The van der Waals surface area contributed by atoms with Crippen molar-refractivity contribution in [3.05, 3.63) is 59.5 Å². The molecule has 0 saturated heterocycles. The Hall–Kier alpha value is -2.72. The first-order chi connectivity index (χ1) is 8.26. The third-order valence-electron chi connectivity index (χ3n) is 2.32. The summed E-state index contributed by atoms with van der Waals surface area (Å²) < 4.78 is 13.6. The maximum Gasteiger partial charge on any atom is 0.208 e. The van der Waals surface area contributed by atoms with Crippen molar-refractivity contribution in [3.63, 3.8) is 0 Å². The summed E-state index contributed by atoms with van der Waals surface area (Å²) in [4.78, 5) is 7.02. The van der Waals surface area contributed by atoms with Crippen LogP contribution in [0.1, 0.15) is 5.56 Å². The average Bonchev–Trinajstić information content (AvgIpc) is 2.38. The van der Waals surface area contributed by atoms with Crippen LogP contribution in [0.15, 0.2) is 36.7 Å². The smallest absolute Gasteiger partial charge is 0.208 e. The Morgan fingerprint density at radius 2 is 1.94 bits per heavy atom. The molecule has 0 spiro atoms. The zero-order valence-corrected chi connectivity index (χ0v) is 8.68. The van der Waals surface area contributed by atoms with E-state index >= 15 is 0 Å². The highest BCUT2D eigenvalue weighted by atomic mass is 19.1. The molecule has 0 fully saturated rings. The van der Waals surface area contributed by atoms with E-state index in [-0.39, 0.29) is 11.3 Å². The Morgan fingerprint density at radius 1 is 1.24 bits per heavy atom. The molecule has 0 aliphatic carbocycles. The van der Waals surface area contributed by atoms with Crippen molar-refractivity contribution in [2.45, 2.75) is 0 Å². The van der Waals surface area contributed by atoms with Gasteiger partial charge in [-0.15, -0.1) is 0 Å². The van der Waals surface area contributed by atoms with Crippen molar-refractivity contribution in [2.24, 2.45) is 0 Å². The van der Waals surface area contributed by atoms with Gasteiger partial charge in [-0.2, -0.15) is 5.26 Å². The van der Waals surface area contributed by atoms with Crippen LogP contribution in [0.2, 0.25) is 0 Å². The van der Waals surface area contributed by atoms with Gasteiger partial charge in [0.25, 0.3) is 0 Å². The first-order valence-corrected chi connectivity index (χ1v) is 4.77. The summed E-state index contributed by atoms with van der Waals surface area (Å²) in [7, 11) is 0. The molecule has 0 aliphatic rings. The lowest BCUT2D eigenvalue weighted by Gasteiger charge is -2.04. The fourth-order valence-electron chi connectivity index (χ4n) is 1.50. The first kappa shape index (κ1) is 10.8. The molecule has 1 aromatic carbocycles. The fraction of sp³-hybridized carbons (Fsp3) is 0. The SMILES string of the molecule is [C-]#[N+]c1cc(-c2ccncc2)cc(F)c1C#N. The molecular formula is C13H6FN3. The predicted octanol–water partition coefficient (Wildman–Crippen LogP) is 3.31. The number of hydrogen-bond acceptors (Lipinski definition) is 2. The third-order valence-corrected chi connectivity index (χ3v) is 2.32. The Bertz CT molecular complexity index is 636. The molecule has 17 heavy (non-hydrogen) atoms. The summed E-state index contributed by atoms with van der Waals surface area (Å²) in [6, 6.07) is 7.88. The number of benzene rings is 1. The summed E-state index contributed by atoms with van der Waals surface area (Å²) in [5.74, 6) is -0.673. The van der Waals surface area contributed by atoms with Crippen molar-refractivity contribution < 1.29 is 4.39 Å². The average molecular weight is 223 g/mol. The molecule has 4 heteroatoms. The van der Waals surface area contributed by atoms with Gasteiger partial charge < -0.3 is 0 Å². The second-order valence-electron chi connectivity index (χ2n) is 3.31. The van der Waals surface area contributed by atoms with E-state index in [0.717, 1.165) is 5.56 Å². The molecule has 1 aromatic heterocycles. The minimum absolute atomic E-state index is 0.0271. The lowest BCUT2D eigenvalue weighted by molar-refractivity contribution is 0.625. The van der Waals surface area contributed by atoms with Crippen molar-refractivity contribution >= 4 is 5.69 Å². The van der Waals surface area contributed by atoms with Gasteiger partial charge >= 0.3 is 0 Å². The van der Waals surface area contributed by atoms with Crippen LogP contribution in [0.25, 0.3) is 16.0 Å². The van der Waals surface area contributed by atoms with E-state index in [0.29, 0.717) is 5.56 Å². The molecule has 0 bridgehead atoms. The molecule has 1 heterocycles. The zero-order chi connectivity index (χ0) is 12.3. The third kappa shape index (κ3) is 1.97. The molecular weight excluding hydrogens is 217 g/mol. The quantitative estimate of drug-likeness (QED) is 0.696. The van der Waals surface area contributed by atoms with Gasteiger partial charge in [-0.3, -0.25) is 4.98 Å². The lowest BCUT2D eigenvalue weighted by Crippen LogP contribution is -1.87. The topological polar surface area (TPSA) is 41.0 Å². The summed E-state index contributed by atoms with van der Waals surface area (Å²) in [6.07, 6.45) is 3.17. The van der Waals surface area contributed by atoms with E-state index in [1.807, 2.05) is 0 Å². The van der Waals surface area contributed by atoms with E-state index in [1.165, 1.54) is 12.1 Å². The van der Waals surface area contributed by atoms with Crippen LogP contribution >= 0.6 is 0 Å². The highest BCUT2D eigenvalue weighted by Crippen LogP contribution is 2.29. The normalized spacial score (nSPS) is 9.35. The van der Waals surface area contributed by atoms with Gasteiger partial charge in [0, 0.05) is 12.4 Å². The Balaban J connectivity index is 2.65. The molecule has 80 valence electrons. The molecule has 0 unspecified atom stereocenters. The van der Waals surface area contributed by atoms with E-state index in [9.17, 15) is 4.39 Å². The van der Waals surface area contributed by atoms with E-state index < -0.39 is 5.82 Å². The van der Waals surface area contributed by atoms with Crippen molar-refractivity contribution in [2.75, 3.05) is 0 Å². The van der Waals surface area contributed by atoms with Crippen LogP contribution in [0.3, 0.4) is 0 Å². The van der Waals surface area contributed by atoms with Gasteiger partial charge in [-0.05, 0) is 35.4 Å². The maximum absolute atomic E-state index is 13.6. The lowest BCUT2D eigenvalue weighted by atomic mass is 10.0. The highest BCUT2D eigenvalue weighted by molar-refractivity contribution is 5.72. The Labute approximate surface area is 97.6 Å². The van der Waals surface area contributed by atoms with Gasteiger partial charge in [0.1, 0.15) is 5.82 Å². The first-order valence-electron chi connectivity index (χ1n) is 4.77. The molecule has 0 saturated carbocycles. The van der Waals surface area contributed by atoms with Gasteiger partial charge in [0.2, 0.25) is 5.69 Å². The minimum atomic E-state index is -0.673. The van der Waals surface area contributed by atoms with Crippen LogP contribution in [0, 0.1) is 23.7 Å². The monoisotopic (exact) mass is 223 g/mol. The van der Waals surface area contributed by atoms with Crippen LogP contribution in [0.4, 0.5) is 10.1 Å². The number of nitrogens with zero attached hydrogens (tertiary/aromatic N) is 3. The fourth-order valence-corrected chi connectivity index (χ4v) is 1.50. The van der Waals surface area contributed by atoms with E-state index in [2.05, 4.69) is 9.83 Å². The van der Waals surface area contributed by atoms with E-state index in [1.54, 1.807) is 30.6 Å². The molecule has 0 radical (unpaired) electrons. The summed E-state index contributed by atoms with van der Waals surface area (Å²) >= 11 is 0. The summed E-state index contributed by atoms with van der Waals surface area (Å²) in [5, 5.41) is 8.75. The molecule has 0 aliphatic heterocycles. The van der Waals surface area contributed by atoms with Gasteiger partial charge in [-0.25, -0.2) is 9.24 Å². The maximum atomic E-state index is 13.6. The highest BCUT2D eigenvalue weighted by Gasteiger charge is 2.11. The van der Waals surface area contributed by atoms with Gasteiger partial charge in [0.15, 0.2) is 0 Å². The molecule has 2 rings (SSSR count). The molecule has 2 aromatic rings. The Morgan fingerprint density at radius 3 is 2.53 bits per heavy atom. The van der Waals surface area contributed by atoms with Gasteiger partial charge in [0.05, 0.1) is 18.2 Å². The second kappa shape index (κ2) is 4.42. The molecule has 0 atom stereocenters. The summed E-state index contributed by atoms with van der Waals surface area (Å²) in [5.41, 5.74) is 1.14. The van der Waals surface area contributed by atoms with Crippen molar-refractivity contribution in [1.29, 1.82) is 5.26 Å². The number of aromatic nitrogens is 1. The van der Waals surface area contributed by atoms with Crippen LogP contribution < -0.4 is 0 Å². The number of halogens is 1. The number of hydrogen-bond donors (Lipinski definition) is 0. The number of pyridine rings is 1. The Kier molecular flexibility index (Phi) is 2.81. The number of rotatable bonds is 1. The molecule has 0 N–H and O–H groups in total.